The maximum Gasteiger partial charge on any atom is 0.241 e. The Balaban J connectivity index is 1.35. The monoisotopic (exact) mass is 469 g/mol. The number of likely N-dealkylation sites (tertiary alicyclic amines) is 2. The van der Waals surface area contributed by atoms with Crippen molar-refractivity contribution in [3.63, 3.8) is 0 Å². The van der Waals surface area contributed by atoms with Crippen molar-refractivity contribution in [3.8, 4) is 5.75 Å². The molecule has 2 saturated heterocycles. The molecule has 2 aromatic rings. The lowest BCUT2D eigenvalue weighted by Gasteiger charge is -2.34. The third-order valence-electron chi connectivity index (χ3n) is 6.79. The fourth-order valence-electron chi connectivity index (χ4n) is 4.81. The number of carbonyl (C=O) groups excluding carboxylic acids is 2. The van der Waals surface area contributed by atoms with Crippen LogP contribution >= 0.6 is 11.3 Å². The Labute approximate surface area is 201 Å². The first-order chi connectivity index (χ1) is 16.1. The summed E-state index contributed by atoms with van der Waals surface area (Å²) in [6.45, 7) is 4.36. The number of benzene rings is 1. The summed E-state index contributed by atoms with van der Waals surface area (Å²) in [5, 5.41) is 2.04. The van der Waals surface area contributed by atoms with Crippen LogP contribution in [0, 0.1) is 5.92 Å². The average Bonchev–Trinajstić information content (AvgIpc) is 3.22. The van der Waals surface area contributed by atoms with E-state index in [4.69, 9.17) is 4.74 Å². The zero-order valence-corrected chi connectivity index (χ0v) is 20.4. The van der Waals surface area contributed by atoms with Crippen molar-refractivity contribution in [3.05, 3.63) is 46.7 Å². The summed E-state index contributed by atoms with van der Waals surface area (Å²) in [5.74, 6) is 1.31. The molecular formula is C26H35N3O3S. The topological polar surface area (TPSA) is 53.1 Å². The van der Waals surface area contributed by atoms with Gasteiger partial charge in [-0.3, -0.25) is 14.5 Å². The van der Waals surface area contributed by atoms with Gasteiger partial charge in [-0.15, -0.1) is 11.3 Å². The minimum Gasteiger partial charge on any atom is -0.497 e. The van der Waals surface area contributed by atoms with Crippen LogP contribution in [-0.4, -0.2) is 61.4 Å². The summed E-state index contributed by atoms with van der Waals surface area (Å²) in [5.41, 5.74) is 0.875. The van der Waals surface area contributed by atoms with Gasteiger partial charge in [-0.1, -0.05) is 18.9 Å². The van der Waals surface area contributed by atoms with Crippen molar-refractivity contribution in [2.75, 3.05) is 44.7 Å². The van der Waals surface area contributed by atoms with Crippen LogP contribution in [0.5, 0.6) is 5.75 Å². The molecule has 2 amide bonds. The first-order valence-corrected chi connectivity index (χ1v) is 13.0. The van der Waals surface area contributed by atoms with Crippen LogP contribution in [0.4, 0.5) is 5.69 Å². The predicted octanol–water partition coefficient (Wildman–Crippen LogP) is 4.40. The van der Waals surface area contributed by atoms with Crippen molar-refractivity contribution < 1.29 is 14.3 Å². The quantitative estimate of drug-likeness (QED) is 0.603. The van der Waals surface area contributed by atoms with E-state index in [0.717, 1.165) is 68.2 Å². The number of piperidine rings is 1. The zero-order chi connectivity index (χ0) is 23.0. The predicted molar refractivity (Wildman–Crippen MR) is 133 cm³/mol. The van der Waals surface area contributed by atoms with Crippen molar-refractivity contribution in [2.24, 2.45) is 5.92 Å². The lowest BCUT2D eigenvalue weighted by molar-refractivity contribution is -0.137. The molecule has 33 heavy (non-hydrogen) atoms. The lowest BCUT2D eigenvalue weighted by atomic mass is 9.95. The number of anilines is 1. The Bertz CT molecular complexity index is 884. The van der Waals surface area contributed by atoms with Crippen LogP contribution in [0.2, 0.25) is 0 Å². The van der Waals surface area contributed by atoms with Crippen molar-refractivity contribution >= 4 is 28.8 Å². The van der Waals surface area contributed by atoms with E-state index in [1.807, 2.05) is 40.6 Å². The second-order valence-corrected chi connectivity index (χ2v) is 10.1. The number of thiophene rings is 1. The van der Waals surface area contributed by atoms with Crippen LogP contribution in [0.15, 0.2) is 41.8 Å². The summed E-state index contributed by atoms with van der Waals surface area (Å²) in [6, 6.07) is 11.7. The minimum atomic E-state index is 0.0888. The normalized spacial score (nSPS) is 18.0. The summed E-state index contributed by atoms with van der Waals surface area (Å²) in [6.07, 6.45) is 6.42. The van der Waals surface area contributed by atoms with Gasteiger partial charge in [0, 0.05) is 29.6 Å². The van der Waals surface area contributed by atoms with Gasteiger partial charge >= 0.3 is 0 Å². The second-order valence-electron chi connectivity index (χ2n) is 9.05. The van der Waals surface area contributed by atoms with E-state index in [1.165, 1.54) is 12.8 Å². The highest BCUT2D eigenvalue weighted by molar-refractivity contribution is 7.09. The van der Waals surface area contributed by atoms with Gasteiger partial charge in [-0.25, -0.2) is 0 Å². The van der Waals surface area contributed by atoms with E-state index < -0.39 is 0 Å². The molecular weight excluding hydrogens is 434 g/mol. The van der Waals surface area contributed by atoms with Gasteiger partial charge in [0.25, 0.3) is 0 Å². The summed E-state index contributed by atoms with van der Waals surface area (Å²) in [7, 11) is 1.64. The Kier molecular flexibility index (Phi) is 8.40. The molecule has 178 valence electrons. The molecule has 1 aromatic heterocycles. The Morgan fingerprint density at radius 1 is 1.00 bits per heavy atom. The van der Waals surface area contributed by atoms with Crippen LogP contribution in [-0.2, 0) is 16.1 Å². The summed E-state index contributed by atoms with van der Waals surface area (Å²) >= 11 is 1.66. The molecule has 2 fully saturated rings. The molecule has 7 heteroatoms. The SMILES string of the molecule is COc1ccc(N(Cc2cccs2)C(=O)CN2CCC(C(=O)N3CCCCCC3)CC2)cc1. The molecule has 0 aliphatic carbocycles. The lowest BCUT2D eigenvalue weighted by Crippen LogP contribution is -2.46. The van der Waals surface area contributed by atoms with Crippen LogP contribution in [0.3, 0.4) is 0 Å². The molecule has 1 aromatic carbocycles. The molecule has 4 rings (SSSR count). The largest absolute Gasteiger partial charge is 0.497 e. The Morgan fingerprint density at radius 3 is 2.30 bits per heavy atom. The molecule has 2 aliphatic rings. The number of rotatable bonds is 7. The van der Waals surface area contributed by atoms with Gasteiger partial charge in [0.2, 0.25) is 11.8 Å². The molecule has 0 bridgehead atoms. The van der Waals surface area contributed by atoms with E-state index in [0.29, 0.717) is 19.0 Å². The smallest absolute Gasteiger partial charge is 0.241 e. The average molecular weight is 470 g/mol. The van der Waals surface area contributed by atoms with Crippen LogP contribution in [0.25, 0.3) is 0 Å². The van der Waals surface area contributed by atoms with Gasteiger partial charge in [0.1, 0.15) is 5.75 Å². The third kappa shape index (κ3) is 6.36. The molecule has 0 radical (unpaired) electrons. The molecule has 0 spiro atoms. The molecule has 0 atom stereocenters. The minimum absolute atomic E-state index is 0.0888. The molecule has 6 nitrogen and oxygen atoms in total. The molecule has 0 unspecified atom stereocenters. The second kappa shape index (κ2) is 11.7. The fraction of sp³-hybridized carbons (Fsp3) is 0.538. The van der Waals surface area contributed by atoms with Crippen molar-refractivity contribution in [1.29, 1.82) is 0 Å². The summed E-state index contributed by atoms with van der Waals surface area (Å²) in [4.78, 5) is 33.7. The number of hydrogen-bond acceptors (Lipinski definition) is 5. The van der Waals surface area contributed by atoms with Gasteiger partial charge < -0.3 is 14.5 Å². The maximum absolute atomic E-state index is 13.4. The van der Waals surface area contributed by atoms with Crippen molar-refractivity contribution in [1.82, 2.24) is 9.80 Å². The van der Waals surface area contributed by atoms with Gasteiger partial charge in [0.05, 0.1) is 20.2 Å². The highest BCUT2D eigenvalue weighted by Crippen LogP contribution is 2.25. The number of amides is 2. The van der Waals surface area contributed by atoms with Crippen LogP contribution < -0.4 is 9.64 Å². The van der Waals surface area contributed by atoms with E-state index >= 15 is 0 Å². The number of nitrogens with zero attached hydrogens (tertiary/aromatic N) is 3. The van der Waals surface area contributed by atoms with Gasteiger partial charge in [-0.05, 0) is 74.5 Å². The molecule has 3 heterocycles. The van der Waals surface area contributed by atoms with Crippen LogP contribution in [0.1, 0.15) is 43.4 Å². The number of ether oxygens (including phenoxy) is 1. The first-order valence-electron chi connectivity index (χ1n) is 12.1. The Hall–Kier alpha value is -2.38. The fourth-order valence-corrected chi connectivity index (χ4v) is 5.50. The van der Waals surface area contributed by atoms with E-state index in [2.05, 4.69) is 15.9 Å². The zero-order valence-electron chi connectivity index (χ0n) is 19.6. The maximum atomic E-state index is 13.4. The molecule has 0 N–H and O–H groups in total. The standard InChI is InChI=1S/C26H35N3O3S/c1-32-23-10-8-22(9-11-23)29(19-24-7-6-18-33-24)25(30)20-27-16-12-21(13-17-27)26(31)28-14-4-2-3-5-15-28/h6-11,18,21H,2-5,12-17,19-20H2,1H3. The molecule has 2 aliphatic heterocycles. The third-order valence-corrected chi connectivity index (χ3v) is 7.65. The van der Waals surface area contributed by atoms with E-state index in [1.54, 1.807) is 18.4 Å². The Morgan fingerprint density at radius 2 is 1.70 bits per heavy atom. The van der Waals surface area contributed by atoms with Crippen molar-refractivity contribution in [2.45, 2.75) is 45.1 Å². The van der Waals surface area contributed by atoms with E-state index in [-0.39, 0.29) is 11.8 Å². The van der Waals surface area contributed by atoms with E-state index in [9.17, 15) is 9.59 Å². The number of hydrogen-bond donors (Lipinski definition) is 0. The number of carbonyl (C=O) groups is 2. The summed E-state index contributed by atoms with van der Waals surface area (Å²) < 4.78 is 5.28. The highest BCUT2D eigenvalue weighted by atomic mass is 32.1. The highest BCUT2D eigenvalue weighted by Gasteiger charge is 2.30. The van der Waals surface area contributed by atoms with Gasteiger partial charge in [0.15, 0.2) is 0 Å². The molecule has 0 saturated carbocycles. The van der Waals surface area contributed by atoms with Gasteiger partial charge in [-0.2, -0.15) is 0 Å². The number of methoxy groups -OCH3 is 1. The first kappa shape index (κ1) is 23.8.